The van der Waals surface area contributed by atoms with E-state index in [4.69, 9.17) is 28.4 Å². The summed E-state index contributed by atoms with van der Waals surface area (Å²) in [6.45, 7) is 2.91. The molecular weight excluding hydrogens is 622 g/mol. The van der Waals surface area contributed by atoms with E-state index in [1.807, 2.05) is 0 Å². The molecule has 3 aromatic carbocycles. The lowest BCUT2D eigenvalue weighted by atomic mass is 10.1. The van der Waals surface area contributed by atoms with Crippen molar-refractivity contribution in [2.45, 2.75) is 12.4 Å². The maximum absolute atomic E-state index is 13.3. The summed E-state index contributed by atoms with van der Waals surface area (Å²) in [5.41, 5.74) is -6.65. The molecule has 0 bridgehead atoms. The minimum absolute atomic E-state index is 0. The molecule has 4 rings (SSSR count). The number of benzene rings is 2. The van der Waals surface area contributed by atoms with Gasteiger partial charge in [0, 0.05) is 17.4 Å². The third-order valence-corrected chi connectivity index (χ3v) is 6.07. The molecule has 17 heteroatoms. The highest BCUT2D eigenvalue weighted by molar-refractivity contribution is 5.82. The Bertz CT molecular complexity index is 1440. The molecule has 0 radical (unpaired) electrons. The molecular formula is C28H30F6N2O9. The smallest absolute Gasteiger partial charge is 0.416 e. The maximum atomic E-state index is 13.3. The summed E-state index contributed by atoms with van der Waals surface area (Å²) in [7, 11) is 0. The van der Waals surface area contributed by atoms with Crippen LogP contribution in [0.5, 0.6) is 11.5 Å². The summed E-state index contributed by atoms with van der Waals surface area (Å²) in [6.07, 6.45) is -10.2. The average Bonchev–Trinajstić information content (AvgIpc) is 2.97. The molecule has 248 valence electrons. The van der Waals surface area contributed by atoms with Crippen LogP contribution < -0.4 is 31.0 Å². The van der Waals surface area contributed by atoms with Crippen LogP contribution in [0.2, 0.25) is 0 Å². The van der Waals surface area contributed by atoms with Gasteiger partial charge in [-0.2, -0.15) is 26.3 Å². The highest BCUT2D eigenvalue weighted by atomic mass is 19.4. The fourth-order valence-electron chi connectivity index (χ4n) is 3.95. The van der Waals surface area contributed by atoms with Crippen LogP contribution in [0.15, 0.2) is 46.0 Å². The number of nitrogens with one attached hydrogen (secondary N) is 2. The zero-order valence-electron chi connectivity index (χ0n) is 23.6. The van der Waals surface area contributed by atoms with Crippen molar-refractivity contribution in [1.82, 2.24) is 0 Å². The van der Waals surface area contributed by atoms with E-state index in [-0.39, 0.29) is 55.1 Å². The van der Waals surface area contributed by atoms with Crippen LogP contribution in [0.4, 0.5) is 49.1 Å². The molecule has 4 N–H and O–H groups in total. The van der Waals surface area contributed by atoms with Gasteiger partial charge in [0.15, 0.2) is 11.5 Å². The molecule has 1 heterocycles. The largest absolute Gasteiger partial charge is 0.487 e. The van der Waals surface area contributed by atoms with Gasteiger partial charge in [0.05, 0.1) is 64.0 Å². The Labute approximate surface area is 251 Å². The summed E-state index contributed by atoms with van der Waals surface area (Å²) >= 11 is 0. The van der Waals surface area contributed by atoms with E-state index in [1.165, 1.54) is 18.2 Å². The van der Waals surface area contributed by atoms with Gasteiger partial charge >= 0.3 is 12.4 Å². The van der Waals surface area contributed by atoms with Crippen molar-refractivity contribution in [2.75, 3.05) is 76.7 Å². The number of rotatable bonds is 4. The molecule has 0 saturated carbocycles. The number of fused-ring (bicyclic) bond motifs is 1. The van der Waals surface area contributed by atoms with Crippen LogP contribution in [0.1, 0.15) is 11.1 Å². The number of alkyl halides is 6. The number of halogens is 6. The van der Waals surface area contributed by atoms with E-state index in [2.05, 4.69) is 10.6 Å². The van der Waals surface area contributed by atoms with Crippen LogP contribution >= 0.6 is 0 Å². The van der Waals surface area contributed by atoms with E-state index in [9.17, 15) is 35.9 Å². The van der Waals surface area contributed by atoms with E-state index in [1.54, 1.807) is 0 Å². The third-order valence-electron chi connectivity index (χ3n) is 6.07. The molecule has 0 fully saturated rings. The molecule has 0 atom stereocenters. The molecule has 0 spiro atoms. The second kappa shape index (κ2) is 15.9. The zero-order valence-corrected chi connectivity index (χ0v) is 23.6. The van der Waals surface area contributed by atoms with E-state index >= 15 is 0 Å². The van der Waals surface area contributed by atoms with Crippen molar-refractivity contribution in [2.24, 2.45) is 0 Å². The minimum Gasteiger partial charge on any atom is -0.487 e. The van der Waals surface area contributed by atoms with E-state index in [0.717, 1.165) is 0 Å². The molecule has 3 aromatic rings. The normalized spacial score (nSPS) is 16.2. The lowest BCUT2D eigenvalue weighted by Gasteiger charge is -2.19. The van der Waals surface area contributed by atoms with Crippen LogP contribution in [0.25, 0.3) is 0 Å². The summed E-state index contributed by atoms with van der Waals surface area (Å²) < 4.78 is 113. The minimum atomic E-state index is -5.10. The Balaban J connectivity index is 0.00000552. The number of hydrogen-bond donors (Lipinski definition) is 2. The summed E-state index contributed by atoms with van der Waals surface area (Å²) in [4.78, 5) is 24.6. The zero-order chi connectivity index (χ0) is 31.7. The predicted molar refractivity (Wildman–Crippen MR) is 149 cm³/mol. The first-order chi connectivity index (χ1) is 20.9. The van der Waals surface area contributed by atoms with Crippen molar-refractivity contribution in [1.29, 1.82) is 0 Å². The summed E-state index contributed by atoms with van der Waals surface area (Å²) in [5.74, 6) is 0.534. The highest BCUT2D eigenvalue weighted by Crippen LogP contribution is 2.39. The third kappa shape index (κ3) is 10.1. The Hall–Kier alpha value is -3.90. The molecule has 45 heavy (non-hydrogen) atoms. The first-order valence-electron chi connectivity index (χ1n) is 13.3. The highest BCUT2D eigenvalue weighted by Gasteiger charge is 2.37. The summed E-state index contributed by atoms with van der Waals surface area (Å²) in [6, 6.07) is 5.20. The Kier molecular flexibility index (Phi) is 12.6. The van der Waals surface area contributed by atoms with Crippen molar-refractivity contribution in [3.63, 3.8) is 0 Å². The van der Waals surface area contributed by atoms with Crippen molar-refractivity contribution in [3.05, 3.63) is 68.0 Å². The standard InChI is InChI=1S/C28H28F6N2O8.H2O/c29-27(30,31)17-13-18(28(32,33)34)15-20(14-17)36-24-23(25(37)26(24)38)35-19-1-2-21-22(16-19)44-12-10-42-8-6-40-4-3-39-5-7-41-9-11-43-21;/h1-2,13-16,35-36H,3-12H2;1H2. The van der Waals surface area contributed by atoms with Gasteiger partial charge in [-0.3, -0.25) is 9.59 Å². The topological polar surface area (TPSA) is 145 Å². The van der Waals surface area contributed by atoms with Crippen LogP contribution in [0, 0.1) is 0 Å². The van der Waals surface area contributed by atoms with Gasteiger partial charge in [-0.1, -0.05) is 0 Å². The fourth-order valence-corrected chi connectivity index (χ4v) is 3.95. The molecule has 11 nitrogen and oxygen atoms in total. The molecule has 0 saturated heterocycles. The van der Waals surface area contributed by atoms with Gasteiger partial charge in [0.2, 0.25) is 0 Å². The van der Waals surface area contributed by atoms with Gasteiger partial charge in [-0.05, 0) is 30.3 Å². The molecule has 0 aromatic heterocycles. The lowest BCUT2D eigenvalue weighted by molar-refractivity contribution is -0.143. The predicted octanol–water partition coefficient (Wildman–Crippen LogP) is 3.82. The van der Waals surface area contributed by atoms with Crippen molar-refractivity contribution >= 4 is 22.7 Å². The first kappa shape index (κ1) is 35.6. The second-order valence-corrected chi connectivity index (χ2v) is 9.26. The van der Waals surface area contributed by atoms with Crippen molar-refractivity contribution < 1.29 is 60.2 Å². The Morgan fingerprint density at radius 2 is 0.911 bits per heavy atom. The lowest BCUT2D eigenvalue weighted by Crippen LogP contribution is -2.35. The van der Waals surface area contributed by atoms with E-state index in [0.29, 0.717) is 57.5 Å². The molecule has 0 unspecified atom stereocenters. The van der Waals surface area contributed by atoms with Gasteiger partial charge < -0.3 is 44.5 Å². The molecule has 0 aliphatic carbocycles. The first-order valence-corrected chi connectivity index (χ1v) is 13.3. The number of anilines is 4. The number of hydrogen-bond acceptors (Lipinski definition) is 10. The number of ether oxygens (including phenoxy) is 6. The van der Waals surface area contributed by atoms with Crippen molar-refractivity contribution in [3.8, 4) is 11.5 Å². The molecule has 0 amide bonds. The molecule has 1 aliphatic heterocycles. The Morgan fingerprint density at radius 3 is 1.36 bits per heavy atom. The molecule has 1 aliphatic rings. The quantitative estimate of drug-likeness (QED) is 0.315. The second-order valence-electron chi connectivity index (χ2n) is 9.26. The maximum Gasteiger partial charge on any atom is 0.416 e. The fraction of sp³-hybridized carbons (Fsp3) is 0.429. The average molecular weight is 653 g/mol. The van der Waals surface area contributed by atoms with Gasteiger partial charge in [0.25, 0.3) is 10.9 Å². The van der Waals surface area contributed by atoms with Crippen LogP contribution in [-0.2, 0) is 31.3 Å². The van der Waals surface area contributed by atoms with E-state index < -0.39 is 45.7 Å². The van der Waals surface area contributed by atoms with Crippen LogP contribution in [-0.4, -0.2) is 71.5 Å². The van der Waals surface area contributed by atoms with Crippen LogP contribution in [0.3, 0.4) is 0 Å². The SMILES string of the molecule is O.O=c1c(Nc2cc(C(F)(F)F)cc(C(F)(F)F)c2)c(Nc2ccc3c(c2)OCCOCCOCCOCCOCCO3)c1=O. The Morgan fingerprint density at radius 1 is 0.511 bits per heavy atom. The van der Waals surface area contributed by atoms with Gasteiger partial charge in [-0.15, -0.1) is 0 Å². The summed E-state index contributed by atoms with van der Waals surface area (Å²) in [5, 5.41) is 4.91. The van der Waals surface area contributed by atoms with Gasteiger partial charge in [0.1, 0.15) is 24.6 Å². The van der Waals surface area contributed by atoms with Gasteiger partial charge in [-0.25, -0.2) is 0 Å². The monoisotopic (exact) mass is 652 g/mol.